The molecule has 10 heteroatoms. The van der Waals surface area contributed by atoms with E-state index in [1.807, 2.05) is 0 Å². The molecule has 1 saturated heterocycles. The molecule has 2 rings (SSSR count). The minimum absolute atomic E-state index is 0.0606. The molecular weight excluding hydrogens is 286 g/mol. The number of aliphatic carboxylic acids is 1. The molecule has 0 aliphatic carbocycles. The number of nitro groups is 2. The zero-order chi connectivity index (χ0) is 15.7. The molecule has 0 radical (unpaired) electrons. The van der Waals surface area contributed by atoms with Gasteiger partial charge >= 0.3 is 5.97 Å². The average molecular weight is 297 g/mol. The molecule has 1 aliphatic heterocycles. The van der Waals surface area contributed by atoms with Crippen LogP contribution in [0.4, 0.5) is 17.1 Å². The molecule has 0 amide bonds. The lowest BCUT2D eigenvalue weighted by Gasteiger charge is -2.22. The molecule has 112 valence electrons. The molecule has 0 bridgehead atoms. The highest BCUT2D eigenvalue weighted by molar-refractivity contribution is 5.81. The highest BCUT2D eigenvalue weighted by Crippen LogP contribution is 2.36. The lowest BCUT2D eigenvalue weighted by molar-refractivity contribution is -0.393. The Morgan fingerprint density at radius 3 is 2.48 bits per heavy atom. The average Bonchev–Trinajstić information content (AvgIpc) is 2.80. The Bertz CT molecular complexity index is 618. The number of carbonyl (C=O) groups is 1. The van der Waals surface area contributed by atoms with Crippen molar-refractivity contribution in [3.63, 3.8) is 0 Å². The number of anilines is 1. The summed E-state index contributed by atoms with van der Waals surface area (Å²) >= 11 is 0. The van der Waals surface area contributed by atoms with E-state index in [0.717, 1.165) is 18.2 Å². The molecule has 1 aromatic carbocycles. The third kappa shape index (κ3) is 2.74. The van der Waals surface area contributed by atoms with Gasteiger partial charge in [-0.2, -0.15) is 0 Å². The maximum atomic E-state index is 11.2. The predicted molar refractivity (Wildman–Crippen MR) is 69.1 cm³/mol. The Labute approximate surface area is 117 Å². The number of rotatable bonds is 4. The van der Waals surface area contributed by atoms with Crippen molar-refractivity contribution in [1.29, 1.82) is 0 Å². The number of β-amino-alcohol motifs (C(OH)–C–C–N with tert-alkyl or cyclic N) is 1. The van der Waals surface area contributed by atoms with Crippen molar-refractivity contribution in [3.05, 3.63) is 38.4 Å². The van der Waals surface area contributed by atoms with Gasteiger partial charge in [0.15, 0.2) is 0 Å². The van der Waals surface area contributed by atoms with Crippen LogP contribution in [-0.2, 0) is 4.79 Å². The summed E-state index contributed by atoms with van der Waals surface area (Å²) in [5.41, 5.74) is -1.09. The van der Waals surface area contributed by atoms with Gasteiger partial charge in [0.05, 0.1) is 22.0 Å². The molecule has 1 heterocycles. The second-order valence-corrected chi connectivity index (χ2v) is 4.58. The van der Waals surface area contributed by atoms with E-state index in [9.17, 15) is 30.1 Å². The summed E-state index contributed by atoms with van der Waals surface area (Å²) in [6.45, 7) is -0.0877. The van der Waals surface area contributed by atoms with Crippen LogP contribution in [0, 0.1) is 20.2 Å². The molecule has 10 nitrogen and oxygen atoms in total. The molecule has 0 aromatic heterocycles. The standard InChI is InChI=1S/C11H11N3O7/c15-7-4-10(11(16)17)12(5-7)8-2-1-6(13(18)19)3-9(8)14(20)21/h1-3,7,10,15H,4-5H2,(H,16,17)/t7?,10-/m0/s1. The second kappa shape index (κ2) is 5.32. The van der Waals surface area contributed by atoms with Crippen LogP contribution in [0.1, 0.15) is 6.42 Å². The summed E-state index contributed by atoms with van der Waals surface area (Å²) in [7, 11) is 0. The lowest BCUT2D eigenvalue weighted by atomic mass is 10.1. The van der Waals surface area contributed by atoms with Crippen LogP contribution < -0.4 is 4.90 Å². The molecule has 1 unspecified atom stereocenters. The summed E-state index contributed by atoms with van der Waals surface area (Å²) in [5, 5.41) is 40.4. The van der Waals surface area contributed by atoms with Gasteiger partial charge in [-0.3, -0.25) is 20.2 Å². The first kappa shape index (κ1) is 14.7. The highest BCUT2D eigenvalue weighted by Gasteiger charge is 2.39. The van der Waals surface area contributed by atoms with Gasteiger partial charge in [-0.25, -0.2) is 4.79 Å². The molecule has 1 aromatic rings. The molecule has 2 N–H and O–H groups in total. The first-order chi connectivity index (χ1) is 9.81. The van der Waals surface area contributed by atoms with Crippen molar-refractivity contribution in [2.75, 3.05) is 11.4 Å². The predicted octanol–water partition coefficient (Wildman–Crippen LogP) is 0.527. The third-order valence-electron chi connectivity index (χ3n) is 3.24. The number of nitrogens with zero attached hydrogens (tertiary/aromatic N) is 3. The number of non-ortho nitro benzene ring substituents is 1. The Balaban J connectivity index is 2.50. The zero-order valence-corrected chi connectivity index (χ0v) is 10.6. The van der Waals surface area contributed by atoms with Crippen LogP contribution in [0.2, 0.25) is 0 Å². The van der Waals surface area contributed by atoms with Crippen LogP contribution >= 0.6 is 0 Å². The first-order valence-corrected chi connectivity index (χ1v) is 5.91. The molecule has 1 aliphatic rings. The quantitative estimate of drug-likeness (QED) is 0.604. The SMILES string of the molecule is O=C(O)[C@@H]1CC(O)CN1c1ccc([N+](=O)[O-])cc1[N+](=O)[O-]. The monoisotopic (exact) mass is 297 g/mol. The van der Waals surface area contributed by atoms with Crippen molar-refractivity contribution in [1.82, 2.24) is 0 Å². The van der Waals surface area contributed by atoms with E-state index in [1.165, 1.54) is 4.90 Å². The fourth-order valence-electron chi connectivity index (χ4n) is 2.33. The minimum Gasteiger partial charge on any atom is -0.480 e. The summed E-state index contributed by atoms with van der Waals surface area (Å²) in [4.78, 5) is 32.5. The van der Waals surface area contributed by atoms with Crippen LogP contribution in [-0.4, -0.2) is 44.7 Å². The molecule has 21 heavy (non-hydrogen) atoms. The third-order valence-corrected chi connectivity index (χ3v) is 3.24. The number of aliphatic hydroxyl groups is 1. The molecular formula is C11H11N3O7. The summed E-state index contributed by atoms with van der Waals surface area (Å²) in [6.07, 6.45) is -0.996. The van der Waals surface area contributed by atoms with Crippen molar-refractivity contribution in [2.24, 2.45) is 0 Å². The van der Waals surface area contributed by atoms with Crippen LogP contribution in [0.5, 0.6) is 0 Å². The van der Waals surface area contributed by atoms with Gasteiger partial charge in [0.2, 0.25) is 0 Å². The van der Waals surface area contributed by atoms with Gasteiger partial charge in [-0.15, -0.1) is 0 Å². The number of aliphatic hydroxyl groups excluding tert-OH is 1. The van der Waals surface area contributed by atoms with Gasteiger partial charge in [0.1, 0.15) is 11.7 Å². The number of benzene rings is 1. The fourth-order valence-corrected chi connectivity index (χ4v) is 2.33. The van der Waals surface area contributed by atoms with Crippen LogP contribution in [0.3, 0.4) is 0 Å². The van der Waals surface area contributed by atoms with Gasteiger partial charge in [-0.05, 0) is 6.07 Å². The summed E-state index contributed by atoms with van der Waals surface area (Å²) in [6, 6.07) is 1.86. The number of nitro benzene ring substituents is 2. The van der Waals surface area contributed by atoms with E-state index in [0.29, 0.717) is 0 Å². The molecule has 0 saturated carbocycles. The molecule has 2 atom stereocenters. The van der Waals surface area contributed by atoms with Crippen LogP contribution in [0.25, 0.3) is 0 Å². The maximum absolute atomic E-state index is 11.2. The normalized spacial score (nSPS) is 21.3. The van der Waals surface area contributed by atoms with Gasteiger partial charge in [0.25, 0.3) is 11.4 Å². The number of carboxylic acid groups (broad SMARTS) is 1. The van der Waals surface area contributed by atoms with E-state index in [4.69, 9.17) is 5.11 Å². The van der Waals surface area contributed by atoms with Gasteiger partial charge < -0.3 is 15.1 Å². The Morgan fingerprint density at radius 2 is 1.95 bits per heavy atom. The smallest absolute Gasteiger partial charge is 0.326 e. The van der Waals surface area contributed by atoms with E-state index in [-0.39, 0.29) is 18.7 Å². The van der Waals surface area contributed by atoms with Crippen molar-refractivity contribution in [2.45, 2.75) is 18.6 Å². The fraction of sp³-hybridized carbons (Fsp3) is 0.364. The van der Waals surface area contributed by atoms with E-state index >= 15 is 0 Å². The van der Waals surface area contributed by atoms with Gasteiger partial charge in [0, 0.05) is 19.0 Å². The Morgan fingerprint density at radius 1 is 1.29 bits per heavy atom. The van der Waals surface area contributed by atoms with E-state index in [2.05, 4.69) is 0 Å². The Hall–Kier alpha value is -2.75. The number of carboxylic acids is 1. The van der Waals surface area contributed by atoms with Crippen molar-refractivity contribution in [3.8, 4) is 0 Å². The zero-order valence-electron chi connectivity index (χ0n) is 10.6. The van der Waals surface area contributed by atoms with E-state index in [1.54, 1.807) is 0 Å². The first-order valence-electron chi connectivity index (χ1n) is 5.91. The second-order valence-electron chi connectivity index (χ2n) is 4.58. The summed E-state index contributed by atoms with van der Waals surface area (Å²) in [5.74, 6) is -1.22. The molecule has 1 fully saturated rings. The van der Waals surface area contributed by atoms with Gasteiger partial charge in [-0.1, -0.05) is 0 Å². The number of hydrogen-bond acceptors (Lipinski definition) is 7. The molecule has 0 spiro atoms. The Kier molecular flexibility index (Phi) is 3.72. The lowest BCUT2D eigenvalue weighted by Crippen LogP contribution is -2.36. The van der Waals surface area contributed by atoms with Crippen LogP contribution in [0.15, 0.2) is 18.2 Å². The number of hydrogen-bond donors (Lipinski definition) is 2. The minimum atomic E-state index is -1.22. The van der Waals surface area contributed by atoms with Crippen molar-refractivity contribution < 1.29 is 24.9 Å². The summed E-state index contributed by atoms with van der Waals surface area (Å²) < 4.78 is 0. The maximum Gasteiger partial charge on any atom is 0.326 e. The van der Waals surface area contributed by atoms with Crippen molar-refractivity contribution >= 4 is 23.0 Å². The largest absolute Gasteiger partial charge is 0.480 e. The highest BCUT2D eigenvalue weighted by atomic mass is 16.6. The van der Waals surface area contributed by atoms with E-state index < -0.39 is 39.3 Å². The topological polar surface area (TPSA) is 147 Å².